The van der Waals surface area contributed by atoms with Crippen LogP contribution in [0.5, 0.6) is 0 Å². The van der Waals surface area contributed by atoms with E-state index in [1.54, 1.807) is 0 Å². The Balaban J connectivity index is 1.09. The molecule has 6 N–H and O–H groups in total. The van der Waals surface area contributed by atoms with Crippen molar-refractivity contribution >= 4 is 23.2 Å². The number of morpholine rings is 1. The summed E-state index contributed by atoms with van der Waals surface area (Å²) < 4.78 is 46.9. The van der Waals surface area contributed by atoms with Crippen molar-refractivity contribution in [2.24, 2.45) is 34.6 Å². The normalized spacial score (nSPS) is 29.9. The van der Waals surface area contributed by atoms with Gasteiger partial charge in [-0.05, 0) is 145 Å². The molecule has 1 spiro atoms. The zero-order valence-corrected chi connectivity index (χ0v) is 58.6. The monoisotopic (exact) mass is 1290 g/mol. The molecule has 4 unspecified atom stereocenters. The van der Waals surface area contributed by atoms with Crippen molar-refractivity contribution in [1.29, 1.82) is 0 Å². The molecule has 91 heavy (non-hydrogen) atoms. The van der Waals surface area contributed by atoms with E-state index in [0.29, 0.717) is 93.4 Å². The summed E-state index contributed by atoms with van der Waals surface area (Å²) in [4.78, 5) is 32.0. The fraction of sp³-hybridized carbons (Fsp3) is 0.781. The first kappa shape index (κ1) is 73.1. The van der Waals surface area contributed by atoms with E-state index >= 15 is 0 Å². The number of benzene rings is 1. The molecule has 10 atom stereocenters. The maximum Gasteiger partial charge on any atom is 0.417 e. The van der Waals surface area contributed by atoms with Gasteiger partial charge in [-0.25, -0.2) is 0 Å². The summed E-state index contributed by atoms with van der Waals surface area (Å²) in [6.07, 6.45) is 31.3. The summed E-state index contributed by atoms with van der Waals surface area (Å²) in [5, 5.41) is 24.1. The highest BCUT2D eigenvalue weighted by molar-refractivity contribution is 6.31. The highest BCUT2D eigenvalue weighted by Crippen LogP contribution is 2.44. The SMILES string of the molecule is CCC1NCC2[C@@H](C(=O)N3CCOCC3)C(C)N2[C@@H](C2CCCC2)C(C)NC2(CCCC2)CNCCNC=CC(CCc2ccc(C(F)(F)F)c(Cl)c2)=NC=CN(C)C=C(CC2CCCCC2)N(C)C=C2CCCN2[C@@H](C)CN[C@@H]([C@@H](C)CC)CN[C@H]1CC(C)C. The summed E-state index contributed by atoms with van der Waals surface area (Å²) in [5.74, 6) is 2.42. The summed E-state index contributed by atoms with van der Waals surface area (Å²) >= 11 is 6.21. The molecule has 1 aromatic rings. The fourth-order valence-electron chi connectivity index (χ4n) is 16.7. The van der Waals surface area contributed by atoms with Crippen molar-refractivity contribution in [2.75, 3.05) is 86.2 Å². The number of carbonyl (C=O) groups excluding carboxylic acids is 1. The van der Waals surface area contributed by atoms with Crippen LogP contribution in [0.4, 0.5) is 13.2 Å². The Morgan fingerprint density at radius 1 is 0.846 bits per heavy atom. The van der Waals surface area contributed by atoms with E-state index in [9.17, 15) is 18.0 Å². The highest BCUT2D eigenvalue weighted by atomic mass is 35.5. The average molecular weight is 1290 g/mol. The number of aliphatic imine (C=N–C) groups is 1. The van der Waals surface area contributed by atoms with Crippen molar-refractivity contribution < 1.29 is 22.7 Å². The van der Waals surface area contributed by atoms with Gasteiger partial charge in [-0.3, -0.25) is 14.7 Å². The van der Waals surface area contributed by atoms with Crippen LogP contribution in [0, 0.1) is 29.6 Å². The highest BCUT2D eigenvalue weighted by Gasteiger charge is 2.56. The van der Waals surface area contributed by atoms with Crippen LogP contribution in [0.2, 0.25) is 5.02 Å². The van der Waals surface area contributed by atoms with Gasteiger partial charge in [0.15, 0.2) is 0 Å². The molecular weight excluding hydrogens is 1170 g/mol. The summed E-state index contributed by atoms with van der Waals surface area (Å²) in [5.41, 5.74) is 3.33. The zero-order chi connectivity index (χ0) is 65.1. The Labute approximate surface area is 553 Å². The predicted octanol–water partition coefficient (Wildman–Crippen LogP) is 12.7. The van der Waals surface area contributed by atoms with Crippen LogP contribution in [0.15, 0.2) is 71.7 Å². The van der Waals surface area contributed by atoms with Gasteiger partial charge in [0.25, 0.3) is 0 Å². The number of alkyl halides is 3. The molecule has 14 nitrogen and oxygen atoms in total. The van der Waals surface area contributed by atoms with Gasteiger partial charge >= 0.3 is 6.18 Å². The van der Waals surface area contributed by atoms with E-state index in [1.807, 2.05) is 24.7 Å². The molecule has 514 valence electrons. The molecule has 1 aromatic carbocycles. The summed E-state index contributed by atoms with van der Waals surface area (Å²) in [7, 11) is 4.30. The van der Waals surface area contributed by atoms with Gasteiger partial charge in [-0.2, -0.15) is 13.2 Å². The van der Waals surface area contributed by atoms with E-state index in [-0.39, 0.29) is 46.7 Å². The first-order valence-corrected chi connectivity index (χ1v) is 36.6. The van der Waals surface area contributed by atoms with Gasteiger partial charge in [0.1, 0.15) is 0 Å². The molecule has 3 aliphatic carbocycles. The number of ether oxygens (including phenoxy) is 1. The molecule has 18 heteroatoms. The molecule has 6 fully saturated rings. The topological polar surface area (TPSA) is 127 Å². The van der Waals surface area contributed by atoms with Gasteiger partial charge in [0.05, 0.1) is 29.7 Å². The molecule has 7 aliphatic rings. The van der Waals surface area contributed by atoms with E-state index < -0.39 is 11.7 Å². The number of hydrogen-bond acceptors (Lipinski definition) is 13. The lowest BCUT2D eigenvalue weighted by Gasteiger charge is -2.60. The Morgan fingerprint density at radius 2 is 1.57 bits per heavy atom. The number of nitrogens with zero attached hydrogens (tertiary/aromatic N) is 6. The zero-order valence-electron chi connectivity index (χ0n) is 57.8. The largest absolute Gasteiger partial charge is 0.417 e. The predicted molar refractivity (Wildman–Crippen MR) is 370 cm³/mol. The quantitative estimate of drug-likeness (QED) is 0.119. The molecule has 0 aromatic heterocycles. The van der Waals surface area contributed by atoms with E-state index in [4.69, 9.17) is 21.3 Å². The van der Waals surface area contributed by atoms with Crippen LogP contribution in [-0.4, -0.2) is 176 Å². The standard InChI is InChI=1S/C73H122ClF3N12O2/c1-11-53(5)67-47-82-66(43-52(3)4)65(12-2)83-48-68-69(71(90)87-39-41-91-42-40-87)56(8)89(68)70(59-23-16-17-24-59)55(7)84-72(31-18-19-32-72)51-79-35-34-78-33-30-60(28-26-58-27-29-63(64(74)45-58)73(75,76)77)80-36-38-85(9)49-62(44-57-21-14-13-15-22-57)86(10)50-61-25-20-37-88(61)54(6)46-81-67/h27,29-30,33,36,38,45,49-50,52-57,59,65-70,78-79,81-84H,11-26,28,31-32,34-35,37,39-44,46-48,51H2,1-10H3/t53-,54-,55?,56?,65?,66-,67+,68?,69-,70+/m0/s1. The van der Waals surface area contributed by atoms with Crippen molar-refractivity contribution in [2.45, 2.75) is 250 Å². The molecule has 0 bridgehead atoms. The van der Waals surface area contributed by atoms with Gasteiger partial charge in [-0.1, -0.05) is 116 Å². The van der Waals surface area contributed by atoms with Gasteiger partial charge in [0, 0.05) is 169 Å². The maximum absolute atomic E-state index is 14.9. The number of hydrogen-bond donors (Lipinski definition) is 6. The van der Waals surface area contributed by atoms with Gasteiger partial charge in [0.2, 0.25) is 5.91 Å². The smallest absolute Gasteiger partial charge is 0.390 e. The van der Waals surface area contributed by atoms with Crippen LogP contribution in [0.25, 0.3) is 0 Å². The van der Waals surface area contributed by atoms with Gasteiger partial charge in [-0.15, -0.1) is 0 Å². The van der Waals surface area contributed by atoms with Gasteiger partial charge < -0.3 is 56.2 Å². The van der Waals surface area contributed by atoms with Crippen molar-refractivity contribution in [3.63, 3.8) is 0 Å². The van der Waals surface area contributed by atoms with Crippen LogP contribution >= 0.6 is 11.6 Å². The third-order valence-corrected chi connectivity index (χ3v) is 22.3. The third kappa shape index (κ3) is 20.9. The van der Waals surface area contributed by atoms with Crippen LogP contribution in [0.1, 0.15) is 195 Å². The Kier molecular flexibility index (Phi) is 28.8. The number of carbonyl (C=O) groups is 1. The molecule has 8 rings (SSSR count). The minimum absolute atomic E-state index is 0.0351. The number of allylic oxidation sites excluding steroid dienone is 3. The van der Waals surface area contributed by atoms with Crippen molar-refractivity contribution in [3.05, 3.63) is 82.8 Å². The number of aryl methyl sites for hydroxylation is 1. The van der Waals surface area contributed by atoms with E-state index in [1.165, 1.54) is 94.2 Å². The molecule has 1 amide bonds. The van der Waals surface area contributed by atoms with Crippen molar-refractivity contribution in [3.8, 4) is 0 Å². The Morgan fingerprint density at radius 3 is 2.26 bits per heavy atom. The number of amides is 1. The lowest BCUT2D eigenvalue weighted by molar-refractivity contribution is -0.165. The molecular formula is C73H122ClF3N12O2. The Bertz CT molecular complexity index is 2520. The van der Waals surface area contributed by atoms with Crippen LogP contribution < -0.4 is 31.9 Å². The minimum Gasteiger partial charge on any atom is -0.390 e. The molecule has 3 saturated carbocycles. The first-order valence-electron chi connectivity index (χ1n) is 36.2. The van der Waals surface area contributed by atoms with Crippen molar-refractivity contribution in [1.82, 2.24) is 56.4 Å². The second-order valence-electron chi connectivity index (χ2n) is 29.2. The summed E-state index contributed by atoms with van der Waals surface area (Å²) in [6, 6.07) is 5.91. The van der Waals surface area contributed by atoms with E-state index in [0.717, 1.165) is 108 Å². The molecule has 4 aliphatic heterocycles. The lowest BCUT2D eigenvalue weighted by atomic mass is 9.74. The maximum atomic E-state index is 14.9. The number of halogens is 4. The number of fused-ring (bicyclic) bond motifs is 2. The first-order chi connectivity index (χ1) is 43.8. The lowest BCUT2D eigenvalue weighted by Crippen LogP contribution is -2.76. The fourth-order valence-corrected chi connectivity index (χ4v) is 17.0. The van der Waals surface area contributed by atoms with Crippen LogP contribution in [0.3, 0.4) is 0 Å². The second-order valence-corrected chi connectivity index (χ2v) is 29.6. The average Bonchev–Trinajstić information content (AvgIpc) is 1.23. The number of rotatable bonds is 12. The van der Waals surface area contributed by atoms with Crippen LogP contribution in [-0.2, 0) is 22.1 Å². The summed E-state index contributed by atoms with van der Waals surface area (Å²) in [6.45, 7) is 27.6. The molecule has 4 heterocycles. The van der Waals surface area contributed by atoms with E-state index in [2.05, 4.69) is 138 Å². The molecule has 3 saturated heterocycles. The number of nitrogens with one attached hydrogen (secondary N) is 6. The second kappa shape index (κ2) is 35.9. The Hall–Kier alpha value is -3.68. The minimum atomic E-state index is -4.52. The third-order valence-electron chi connectivity index (χ3n) is 22.0. The molecule has 0 radical (unpaired) electrons.